The van der Waals surface area contributed by atoms with E-state index in [0.29, 0.717) is 18.3 Å². The van der Waals surface area contributed by atoms with Crippen molar-refractivity contribution in [1.29, 1.82) is 0 Å². The first-order chi connectivity index (χ1) is 11.0. The smallest absolute Gasteiger partial charge is 0.292 e. The van der Waals surface area contributed by atoms with Gasteiger partial charge in [0.25, 0.3) is 0 Å². The second kappa shape index (κ2) is 8.72. The summed E-state index contributed by atoms with van der Waals surface area (Å²) in [5.41, 5.74) is 1.26. The molecule has 4 heteroatoms. The Bertz CT molecular complexity index is 436. The van der Waals surface area contributed by atoms with Gasteiger partial charge in [-0.15, -0.1) is 13.2 Å². The highest BCUT2D eigenvalue weighted by atomic mass is 19.4. The van der Waals surface area contributed by atoms with Gasteiger partial charge in [0, 0.05) is 0 Å². The fourth-order valence-corrected chi connectivity index (χ4v) is 3.86. The molecule has 0 bridgehead atoms. The van der Waals surface area contributed by atoms with Gasteiger partial charge >= 0.3 is 6.36 Å². The van der Waals surface area contributed by atoms with Gasteiger partial charge in [-0.2, -0.15) is 0 Å². The lowest BCUT2D eigenvalue weighted by atomic mass is 9.71. The summed E-state index contributed by atoms with van der Waals surface area (Å²) in [5.74, 6) is 1.77. The molecule has 0 amide bonds. The Hall–Kier alpha value is -1.03. The summed E-state index contributed by atoms with van der Waals surface area (Å²) in [6.07, 6.45) is 2.83. The second-order valence-corrected chi connectivity index (χ2v) is 6.64. The molecule has 1 saturated carbocycles. The molecule has 1 aliphatic carbocycles. The van der Waals surface area contributed by atoms with E-state index in [1.807, 2.05) is 18.2 Å². The van der Waals surface area contributed by atoms with E-state index >= 15 is 0 Å². The van der Waals surface area contributed by atoms with Crippen LogP contribution in [0.1, 0.15) is 63.4 Å². The molecule has 130 valence electrons. The molecule has 1 fully saturated rings. The van der Waals surface area contributed by atoms with Crippen LogP contribution in [0.25, 0.3) is 0 Å². The van der Waals surface area contributed by atoms with Crippen LogP contribution in [0.2, 0.25) is 0 Å². The third-order valence-electron chi connectivity index (χ3n) is 5.19. The molecule has 0 N–H and O–H groups in total. The zero-order chi connectivity index (χ0) is 16.7. The SMILES string of the molecule is CCC1CCC(C(CCCOC(F)(F)F)c2ccccc2)CC1. The Labute approximate surface area is 137 Å². The molecule has 1 unspecified atom stereocenters. The van der Waals surface area contributed by atoms with Crippen molar-refractivity contribution in [2.24, 2.45) is 11.8 Å². The maximum atomic E-state index is 12.1. The van der Waals surface area contributed by atoms with Gasteiger partial charge in [-0.05, 0) is 49.0 Å². The quantitative estimate of drug-likeness (QED) is 0.533. The number of ether oxygens (including phenoxy) is 1. The van der Waals surface area contributed by atoms with Crippen LogP contribution in [0.15, 0.2) is 30.3 Å². The number of halogens is 3. The summed E-state index contributed by atoms with van der Waals surface area (Å²) in [4.78, 5) is 0. The molecular formula is C19H27F3O. The van der Waals surface area contributed by atoms with Crippen molar-refractivity contribution in [2.75, 3.05) is 6.61 Å². The van der Waals surface area contributed by atoms with Crippen LogP contribution in [-0.2, 0) is 4.74 Å². The predicted molar refractivity (Wildman–Crippen MR) is 86.2 cm³/mol. The Balaban J connectivity index is 1.93. The molecule has 1 aromatic rings. The van der Waals surface area contributed by atoms with Crippen LogP contribution in [0.3, 0.4) is 0 Å². The summed E-state index contributed by atoms with van der Waals surface area (Å²) < 4.78 is 40.3. The standard InChI is InChI=1S/C19H27F3O/c1-2-15-10-12-17(13-11-15)18(16-7-4-3-5-8-16)9-6-14-23-19(20,21)22/h3-5,7-8,15,17-18H,2,6,9-14H2,1H3. The summed E-state index contributed by atoms with van der Waals surface area (Å²) in [7, 11) is 0. The van der Waals surface area contributed by atoms with Crippen LogP contribution < -0.4 is 0 Å². The molecule has 0 radical (unpaired) electrons. The van der Waals surface area contributed by atoms with Gasteiger partial charge in [0.2, 0.25) is 0 Å². The van der Waals surface area contributed by atoms with E-state index in [1.54, 1.807) is 0 Å². The minimum Gasteiger partial charge on any atom is -0.292 e. The highest BCUT2D eigenvalue weighted by molar-refractivity contribution is 5.20. The molecule has 1 nitrogen and oxygen atoms in total. The first-order valence-corrected chi connectivity index (χ1v) is 8.75. The van der Waals surface area contributed by atoms with Crippen LogP contribution in [-0.4, -0.2) is 13.0 Å². The number of hydrogen-bond donors (Lipinski definition) is 0. The van der Waals surface area contributed by atoms with E-state index in [9.17, 15) is 13.2 Å². The van der Waals surface area contributed by atoms with Crippen LogP contribution in [0.5, 0.6) is 0 Å². The number of hydrogen-bond acceptors (Lipinski definition) is 1. The Kier molecular flexibility index (Phi) is 6.94. The lowest BCUT2D eigenvalue weighted by molar-refractivity contribution is -0.324. The highest BCUT2D eigenvalue weighted by Gasteiger charge is 2.30. The molecule has 1 aliphatic rings. The zero-order valence-corrected chi connectivity index (χ0v) is 13.8. The molecule has 2 rings (SSSR count). The van der Waals surface area contributed by atoms with E-state index in [4.69, 9.17) is 0 Å². The first-order valence-electron chi connectivity index (χ1n) is 8.75. The van der Waals surface area contributed by atoms with E-state index in [0.717, 1.165) is 12.3 Å². The molecular weight excluding hydrogens is 301 g/mol. The second-order valence-electron chi connectivity index (χ2n) is 6.64. The lowest BCUT2D eigenvalue weighted by Gasteiger charge is -2.34. The molecule has 1 atom stereocenters. The average molecular weight is 328 g/mol. The monoisotopic (exact) mass is 328 g/mol. The van der Waals surface area contributed by atoms with Crippen molar-refractivity contribution in [3.63, 3.8) is 0 Å². The average Bonchev–Trinajstić information content (AvgIpc) is 2.55. The van der Waals surface area contributed by atoms with Crippen molar-refractivity contribution in [3.8, 4) is 0 Å². The number of rotatable bonds is 7. The molecule has 0 aromatic heterocycles. The van der Waals surface area contributed by atoms with Crippen LogP contribution in [0.4, 0.5) is 13.2 Å². The van der Waals surface area contributed by atoms with Gasteiger partial charge in [-0.3, -0.25) is 4.74 Å². The molecule has 0 saturated heterocycles. The van der Waals surface area contributed by atoms with Gasteiger partial charge in [-0.25, -0.2) is 0 Å². The molecule has 0 aliphatic heterocycles. The van der Waals surface area contributed by atoms with E-state index < -0.39 is 6.36 Å². The third-order valence-corrected chi connectivity index (χ3v) is 5.19. The lowest BCUT2D eigenvalue weighted by Crippen LogP contribution is -2.21. The fraction of sp³-hybridized carbons (Fsp3) is 0.684. The van der Waals surface area contributed by atoms with Crippen LogP contribution >= 0.6 is 0 Å². The van der Waals surface area contributed by atoms with Crippen molar-refractivity contribution in [2.45, 2.75) is 64.1 Å². The van der Waals surface area contributed by atoms with Gasteiger partial charge in [0.1, 0.15) is 0 Å². The normalized spacial score (nSPS) is 23.7. The molecule has 1 aromatic carbocycles. The minimum atomic E-state index is -4.51. The largest absolute Gasteiger partial charge is 0.522 e. The topological polar surface area (TPSA) is 9.23 Å². The van der Waals surface area contributed by atoms with Crippen molar-refractivity contribution in [3.05, 3.63) is 35.9 Å². The Morgan fingerprint density at radius 3 is 2.30 bits per heavy atom. The zero-order valence-electron chi connectivity index (χ0n) is 13.8. The maximum Gasteiger partial charge on any atom is 0.522 e. The Morgan fingerprint density at radius 2 is 1.74 bits per heavy atom. The summed E-state index contributed by atoms with van der Waals surface area (Å²) in [5, 5.41) is 0. The highest BCUT2D eigenvalue weighted by Crippen LogP contribution is 2.41. The van der Waals surface area contributed by atoms with Gasteiger partial charge in [-0.1, -0.05) is 56.5 Å². The molecule has 0 spiro atoms. The minimum absolute atomic E-state index is 0.239. The third kappa shape index (κ3) is 6.17. The molecule has 23 heavy (non-hydrogen) atoms. The van der Waals surface area contributed by atoms with Gasteiger partial charge in [0.05, 0.1) is 6.61 Å². The number of benzene rings is 1. The van der Waals surface area contributed by atoms with Gasteiger partial charge < -0.3 is 0 Å². The van der Waals surface area contributed by atoms with E-state index in [-0.39, 0.29) is 6.61 Å². The van der Waals surface area contributed by atoms with Gasteiger partial charge in [0.15, 0.2) is 0 Å². The van der Waals surface area contributed by atoms with Crippen molar-refractivity contribution < 1.29 is 17.9 Å². The first kappa shape index (κ1) is 18.3. The molecule has 0 heterocycles. The number of alkyl halides is 3. The Morgan fingerprint density at radius 1 is 1.09 bits per heavy atom. The van der Waals surface area contributed by atoms with E-state index in [2.05, 4.69) is 23.8 Å². The summed E-state index contributed by atoms with van der Waals surface area (Å²) in [6, 6.07) is 10.3. The van der Waals surface area contributed by atoms with Crippen LogP contribution in [0, 0.1) is 11.8 Å². The van der Waals surface area contributed by atoms with Crippen molar-refractivity contribution >= 4 is 0 Å². The maximum absolute atomic E-state index is 12.1. The summed E-state index contributed by atoms with van der Waals surface area (Å²) >= 11 is 0. The predicted octanol–water partition coefficient (Wildman–Crippen LogP) is 6.30. The fourth-order valence-electron chi connectivity index (χ4n) is 3.86. The van der Waals surface area contributed by atoms with Crippen molar-refractivity contribution in [1.82, 2.24) is 0 Å². The summed E-state index contributed by atoms with van der Waals surface area (Å²) in [6.45, 7) is 2.01. The van der Waals surface area contributed by atoms with E-state index in [1.165, 1.54) is 37.7 Å².